The van der Waals surface area contributed by atoms with Crippen molar-refractivity contribution in [3.05, 3.63) is 35.5 Å². The Morgan fingerprint density at radius 3 is 3.00 bits per heavy atom. The van der Waals surface area contributed by atoms with E-state index in [9.17, 15) is 14.0 Å². The van der Waals surface area contributed by atoms with E-state index in [-0.39, 0.29) is 30.7 Å². The number of rotatable bonds is 4. The second-order valence-corrected chi connectivity index (χ2v) is 5.64. The van der Waals surface area contributed by atoms with Crippen molar-refractivity contribution < 1.29 is 18.5 Å². The molecule has 1 aliphatic rings. The number of hydrogen-bond acceptors (Lipinski definition) is 6. The Bertz CT molecular complexity index is 789. The number of aromatic nitrogens is 2. The van der Waals surface area contributed by atoms with Crippen LogP contribution in [0.1, 0.15) is 23.8 Å². The first-order valence-corrected chi connectivity index (χ1v) is 7.31. The molecule has 0 fully saturated rings. The van der Waals surface area contributed by atoms with Crippen LogP contribution in [0.2, 0.25) is 0 Å². The highest BCUT2D eigenvalue weighted by Gasteiger charge is 2.31. The molecular formula is C15H16FN5O3. The van der Waals surface area contributed by atoms with Crippen LogP contribution in [0.3, 0.4) is 0 Å². The molecule has 0 bridgehead atoms. The molecule has 0 saturated heterocycles. The summed E-state index contributed by atoms with van der Waals surface area (Å²) in [6.07, 6.45) is -0.00273. The molecule has 1 aliphatic heterocycles. The van der Waals surface area contributed by atoms with Gasteiger partial charge in [-0.25, -0.2) is 4.39 Å². The first-order chi connectivity index (χ1) is 11.4. The molecule has 9 heteroatoms. The summed E-state index contributed by atoms with van der Waals surface area (Å²) in [7, 11) is 3.54. The largest absolute Gasteiger partial charge is 0.346 e. The van der Waals surface area contributed by atoms with E-state index in [0.717, 1.165) is 0 Å². The van der Waals surface area contributed by atoms with Crippen molar-refractivity contribution in [2.45, 2.75) is 18.9 Å². The zero-order valence-corrected chi connectivity index (χ0v) is 13.2. The van der Waals surface area contributed by atoms with E-state index in [1.54, 1.807) is 19.0 Å². The van der Waals surface area contributed by atoms with E-state index >= 15 is 0 Å². The Hall–Kier alpha value is -2.97. The number of nitrogens with zero attached hydrogens (tertiary/aromatic N) is 3. The van der Waals surface area contributed by atoms with Crippen molar-refractivity contribution in [2.24, 2.45) is 0 Å². The number of fused-ring (bicyclic) bond motifs is 1. The normalized spacial score (nSPS) is 16.3. The van der Waals surface area contributed by atoms with E-state index < -0.39 is 11.7 Å². The average Bonchev–Trinajstić information content (AvgIpc) is 3.00. The average molecular weight is 333 g/mol. The van der Waals surface area contributed by atoms with Gasteiger partial charge in [-0.3, -0.25) is 9.59 Å². The monoisotopic (exact) mass is 333 g/mol. The van der Waals surface area contributed by atoms with Gasteiger partial charge in [0.1, 0.15) is 5.82 Å². The lowest BCUT2D eigenvalue weighted by Crippen LogP contribution is -2.34. The number of amides is 2. The topological polar surface area (TPSA) is 100 Å². The van der Waals surface area contributed by atoms with Crippen LogP contribution in [0.4, 0.5) is 16.0 Å². The quantitative estimate of drug-likeness (QED) is 0.866. The molecule has 2 amide bonds. The Morgan fingerprint density at radius 1 is 1.50 bits per heavy atom. The fourth-order valence-corrected chi connectivity index (χ4v) is 2.46. The van der Waals surface area contributed by atoms with Crippen molar-refractivity contribution in [2.75, 3.05) is 24.3 Å². The second kappa shape index (κ2) is 6.26. The van der Waals surface area contributed by atoms with Gasteiger partial charge in [-0.1, -0.05) is 6.07 Å². The van der Waals surface area contributed by atoms with Crippen LogP contribution < -0.4 is 15.5 Å². The maximum atomic E-state index is 13.3. The van der Waals surface area contributed by atoms with Crippen molar-refractivity contribution in [3.8, 4) is 0 Å². The molecule has 2 aromatic rings. The summed E-state index contributed by atoms with van der Waals surface area (Å²) in [5.41, 5.74) is 0.895. The van der Waals surface area contributed by atoms with Crippen molar-refractivity contribution in [1.82, 2.24) is 15.5 Å². The molecule has 1 atom stereocenters. The molecule has 0 aliphatic carbocycles. The predicted octanol–water partition coefficient (Wildman–Crippen LogP) is 1.02. The summed E-state index contributed by atoms with van der Waals surface area (Å²) in [5.74, 6) is -1.20. The van der Waals surface area contributed by atoms with E-state index in [2.05, 4.69) is 20.8 Å². The summed E-state index contributed by atoms with van der Waals surface area (Å²) in [6, 6.07) is 3.97. The number of nitrogens with one attached hydrogen (secondary N) is 2. The van der Waals surface area contributed by atoms with E-state index in [1.807, 2.05) is 0 Å². The molecule has 3 rings (SSSR count). The molecule has 0 unspecified atom stereocenters. The zero-order chi connectivity index (χ0) is 17.3. The van der Waals surface area contributed by atoms with Crippen LogP contribution in [0.25, 0.3) is 0 Å². The van der Waals surface area contributed by atoms with Crippen molar-refractivity contribution in [3.63, 3.8) is 0 Å². The molecule has 2 N–H and O–H groups in total. The fourth-order valence-electron chi connectivity index (χ4n) is 2.46. The molecule has 0 radical (unpaired) electrons. The number of anilines is 2. The Kier molecular flexibility index (Phi) is 4.15. The van der Waals surface area contributed by atoms with E-state index in [4.69, 9.17) is 4.52 Å². The minimum Gasteiger partial charge on any atom is -0.346 e. The number of carbonyl (C=O) groups excluding carboxylic acids is 2. The molecule has 126 valence electrons. The SMILES string of the molecule is CN(C)c1noc(CNC(=O)[C@@H]2CC(=O)Nc3cc(F)ccc32)n1. The molecular weight excluding hydrogens is 317 g/mol. The van der Waals surface area contributed by atoms with Gasteiger partial charge in [-0.05, 0) is 22.9 Å². The smallest absolute Gasteiger partial charge is 0.265 e. The van der Waals surface area contributed by atoms with Gasteiger partial charge in [0.05, 0.1) is 12.5 Å². The zero-order valence-electron chi connectivity index (χ0n) is 13.2. The molecule has 0 spiro atoms. The van der Waals surface area contributed by atoms with Gasteiger partial charge in [0.2, 0.25) is 17.7 Å². The maximum absolute atomic E-state index is 13.3. The summed E-state index contributed by atoms with van der Waals surface area (Å²) in [6.45, 7) is 0.0499. The summed E-state index contributed by atoms with van der Waals surface area (Å²) in [4.78, 5) is 29.9. The second-order valence-electron chi connectivity index (χ2n) is 5.64. The standard InChI is InChI=1S/C15H16FN5O3/c1-21(2)15-19-13(24-20-15)7-17-14(23)10-6-12(22)18-11-5-8(16)3-4-9(10)11/h3-5,10H,6-7H2,1-2H3,(H,17,23)(H,18,22)/t10-/m1/s1. The van der Waals surface area contributed by atoms with Gasteiger partial charge in [0.15, 0.2) is 0 Å². The highest BCUT2D eigenvalue weighted by atomic mass is 19.1. The van der Waals surface area contributed by atoms with Crippen LogP contribution in [0, 0.1) is 5.82 Å². The van der Waals surface area contributed by atoms with Gasteiger partial charge in [-0.2, -0.15) is 4.98 Å². The summed E-state index contributed by atoms with van der Waals surface area (Å²) in [5, 5.41) is 8.99. The van der Waals surface area contributed by atoms with Gasteiger partial charge < -0.3 is 20.1 Å². The minimum absolute atomic E-state index is 0.00273. The maximum Gasteiger partial charge on any atom is 0.265 e. The van der Waals surface area contributed by atoms with Crippen LogP contribution in [-0.4, -0.2) is 36.1 Å². The Morgan fingerprint density at radius 2 is 2.29 bits per heavy atom. The van der Waals surface area contributed by atoms with Crippen LogP contribution in [0.5, 0.6) is 0 Å². The summed E-state index contributed by atoms with van der Waals surface area (Å²) >= 11 is 0. The van der Waals surface area contributed by atoms with Gasteiger partial charge in [0, 0.05) is 26.2 Å². The number of halogens is 1. The predicted molar refractivity (Wildman–Crippen MR) is 82.9 cm³/mol. The van der Waals surface area contributed by atoms with Crippen molar-refractivity contribution >= 4 is 23.5 Å². The number of benzene rings is 1. The third kappa shape index (κ3) is 3.19. The van der Waals surface area contributed by atoms with Crippen LogP contribution in [-0.2, 0) is 16.1 Å². The number of carbonyl (C=O) groups is 2. The van der Waals surface area contributed by atoms with E-state index in [0.29, 0.717) is 17.2 Å². The molecule has 24 heavy (non-hydrogen) atoms. The Balaban J connectivity index is 1.72. The lowest BCUT2D eigenvalue weighted by atomic mass is 9.89. The Labute approximate surface area is 137 Å². The molecule has 8 nitrogen and oxygen atoms in total. The molecule has 1 aromatic carbocycles. The van der Waals surface area contributed by atoms with Crippen LogP contribution in [0.15, 0.2) is 22.7 Å². The van der Waals surface area contributed by atoms with E-state index in [1.165, 1.54) is 18.2 Å². The third-order valence-corrected chi connectivity index (χ3v) is 3.64. The first-order valence-electron chi connectivity index (χ1n) is 7.31. The lowest BCUT2D eigenvalue weighted by Gasteiger charge is -2.24. The van der Waals surface area contributed by atoms with Gasteiger partial charge in [-0.15, -0.1) is 0 Å². The van der Waals surface area contributed by atoms with Gasteiger partial charge in [0.25, 0.3) is 5.95 Å². The molecule has 0 saturated carbocycles. The minimum atomic E-state index is -0.689. The third-order valence-electron chi connectivity index (χ3n) is 3.64. The fraction of sp³-hybridized carbons (Fsp3) is 0.333. The molecule has 1 aromatic heterocycles. The highest BCUT2D eigenvalue weighted by Crippen LogP contribution is 2.32. The molecule has 2 heterocycles. The highest BCUT2D eigenvalue weighted by molar-refractivity contribution is 6.01. The van der Waals surface area contributed by atoms with Crippen molar-refractivity contribution in [1.29, 1.82) is 0 Å². The van der Waals surface area contributed by atoms with Gasteiger partial charge >= 0.3 is 0 Å². The lowest BCUT2D eigenvalue weighted by molar-refractivity contribution is -0.126. The van der Waals surface area contributed by atoms with Crippen LogP contribution >= 0.6 is 0 Å². The summed E-state index contributed by atoms with van der Waals surface area (Å²) < 4.78 is 18.3. The number of hydrogen-bond donors (Lipinski definition) is 2. The first kappa shape index (κ1) is 15.9.